The molecule has 2 aromatic rings. The molecule has 3 rings (SSSR count). The van der Waals surface area contributed by atoms with Gasteiger partial charge in [-0.3, -0.25) is 0 Å². The molecule has 0 radical (unpaired) electrons. The van der Waals surface area contributed by atoms with E-state index in [0.717, 1.165) is 12.8 Å². The molecule has 6 heteroatoms. The van der Waals surface area contributed by atoms with Gasteiger partial charge in [0.25, 0.3) is 0 Å². The van der Waals surface area contributed by atoms with Gasteiger partial charge in [0.2, 0.25) is 10.0 Å². The van der Waals surface area contributed by atoms with Crippen LogP contribution in [-0.2, 0) is 10.0 Å². The number of rotatable bonds is 6. The molecule has 0 amide bonds. The minimum atomic E-state index is -3.20. The van der Waals surface area contributed by atoms with Crippen molar-refractivity contribution in [3.05, 3.63) is 48.3 Å². The topological polar surface area (TPSA) is 72.5 Å². The Morgan fingerprint density at radius 2 is 1.74 bits per heavy atom. The third-order valence-corrected chi connectivity index (χ3v) is 5.14. The summed E-state index contributed by atoms with van der Waals surface area (Å²) in [5, 5.41) is -0.221. The van der Waals surface area contributed by atoms with Crippen LogP contribution in [0.3, 0.4) is 0 Å². The van der Waals surface area contributed by atoms with Crippen molar-refractivity contribution >= 4 is 10.0 Å². The van der Waals surface area contributed by atoms with Gasteiger partial charge in [0.15, 0.2) is 0 Å². The second-order valence-electron chi connectivity index (χ2n) is 4.68. The number of furan rings is 2. The van der Waals surface area contributed by atoms with Gasteiger partial charge >= 0.3 is 0 Å². The highest BCUT2D eigenvalue weighted by atomic mass is 32.2. The van der Waals surface area contributed by atoms with E-state index in [0.29, 0.717) is 11.5 Å². The van der Waals surface area contributed by atoms with E-state index < -0.39 is 10.0 Å². The van der Waals surface area contributed by atoms with E-state index in [4.69, 9.17) is 8.83 Å². The fraction of sp³-hybridized carbons (Fsp3) is 0.385. The Morgan fingerprint density at radius 1 is 1.16 bits per heavy atom. The highest BCUT2D eigenvalue weighted by Gasteiger charge is 2.36. The Labute approximate surface area is 111 Å². The second kappa shape index (κ2) is 4.86. The van der Waals surface area contributed by atoms with Crippen molar-refractivity contribution in [1.82, 2.24) is 4.72 Å². The van der Waals surface area contributed by atoms with Gasteiger partial charge in [-0.05, 0) is 37.1 Å². The summed E-state index contributed by atoms with van der Waals surface area (Å²) in [5.74, 6) is 1.14. The molecule has 0 aliphatic heterocycles. The van der Waals surface area contributed by atoms with Crippen molar-refractivity contribution in [3.63, 3.8) is 0 Å². The first-order valence-electron chi connectivity index (χ1n) is 6.22. The van der Waals surface area contributed by atoms with Crippen molar-refractivity contribution in [1.29, 1.82) is 0 Å². The van der Waals surface area contributed by atoms with Crippen LogP contribution in [0.2, 0.25) is 0 Å². The molecule has 2 heterocycles. The zero-order valence-electron chi connectivity index (χ0n) is 10.3. The molecule has 1 N–H and O–H groups in total. The summed E-state index contributed by atoms with van der Waals surface area (Å²) in [6, 6.07) is 7.19. The van der Waals surface area contributed by atoms with Gasteiger partial charge in [-0.1, -0.05) is 0 Å². The van der Waals surface area contributed by atoms with E-state index in [1.807, 2.05) is 12.1 Å². The molecular weight excluding hydrogens is 266 g/mol. The lowest BCUT2D eigenvalue weighted by molar-refractivity contribution is 0.424. The smallest absolute Gasteiger partial charge is 0.214 e. The number of hydrogen-bond donors (Lipinski definition) is 1. The van der Waals surface area contributed by atoms with E-state index in [9.17, 15) is 8.42 Å². The van der Waals surface area contributed by atoms with Crippen molar-refractivity contribution in [2.45, 2.75) is 24.0 Å². The number of sulfonamides is 1. The summed E-state index contributed by atoms with van der Waals surface area (Å²) in [5.41, 5.74) is 0. The first-order valence-corrected chi connectivity index (χ1v) is 7.77. The van der Waals surface area contributed by atoms with E-state index in [1.165, 1.54) is 0 Å². The summed E-state index contributed by atoms with van der Waals surface area (Å²) < 4.78 is 37.1. The fourth-order valence-corrected chi connectivity index (χ4v) is 3.41. The molecule has 0 bridgehead atoms. The average Bonchev–Trinajstić information content (AvgIpc) is 2.91. The van der Waals surface area contributed by atoms with Gasteiger partial charge in [-0.2, -0.15) is 0 Å². The van der Waals surface area contributed by atoms with Gasteiger partial charge in [-0.15, -0.1) is 0 Å². The van der Waals surface area contributed by atoms with E-state index >= 15 is 0 Å². The lowest BCUT2D eigenvalue weighted by atomic mass is 10.0. The first-order chi connectivity index (χ1) is 9.17. The standard InChI is InChI=1S/C13H15NO4S/c15-19(16,10-5-6-10)14-9-11(12-3-1-7-17-12)13-4-2-8-18-13/h1-4,7-8,10-11,14H,5-6,9H2. The second-order valence-corrected chi connectivity index (χ2v) is 6.72. The third kappa shape index (κ3) is 2.74. The maximum atomic E-state index is 11.9. The van der Waals surface area contributed by atoms with E-state index in [1.54, 1.807) is 24.7 Å². The Kier molecular flexibility index (Phi) is 3.20. The highest BCUT2D eigenvalue weighted by Crippen LogP contribution is 2.29. The van der Waals surface area contributed by atoms with Crippen molar-refractivity contribution in [2.24, 2.45) is 0 Å². The van der Waals surface area contributed by atoms with Crippen molar-refractivity contribution in [3.8, 4) is 0 Å². The summed E-state index contributed by atoms with van der Waals surface area (Å²) in [4.78, 5) is 0. The molecule has 1 saturated carbocycles. The van der Waals surface area contributed by atoms with Gasteiger partial charge in [0, 0.05) is 6.54 Å². The molecule has 0 saturated heterocycles. The molecule has 1 aliphatic rings. The van der Waals surface area contributed by atoms with Crippen LogP contribution < -0.4 is 4.72 Å². The molecule has 0 aromatic carbocycles. The van der Waals surface area contributed by atoms with E-state index in [2.05, 4.69) is 4.72 Å². The summed E-state index contributed by atoms with van der Waals surface area (Å²) >= 11 is 0. The molecule has 19 heavy (non-hydrogen) atoms. The lowest BCUT2D eigenvalue weighted by Crippen LogP contribution is -2.31. The Bertz CT molecular complexity index is 577. The zero-order chi connectivity index (χ0) is 13.3. The average molecular weight is 281 g/mol. The van der Waals surface area contributed by atoms with Crippen LogP contribution in [0.25, 0.3) is 0 Å². The molecule has 0 spiro atoms. The van der Waals surface area contributed by atoms with Crippen LogP contribution in [0.4, 0.5) is 0 Å². The molecular formula is C13H15NO4S. The molecule has 1 aliphatic carbocycles. The molecule has 0 unspecified atom stereocenters. The quantitative estimate of drug-likeness (QED) is 0.880. The highest BCUT2D eigenvalue weighted by molar-refractivity contribution is 7.90. The minimum Gasteiger partial charge on any atom is -0.469 e. The third-order valence-electron chi connectivity index (χ3n) is 3.23. The van der Waals surface area contributed by atoms with Crippen molar-refractivity contribution in [2.75, 3.05) is 6.54 Å². The summed E-state index contributed by atoms with van der Waals surface area (Å²) in [6.45, 7) is 0.250. The van der Waals surface area contributed by atoms with Gasteiger partial charge in [0.05, 0.1) is 23.7 Å². The van der Waals surface area contributed by atoms with Crippen LogP contribution in [0.5, 0.6) is 0 Å². The summed E-state index contributed by atoms with van der Waals surface area (Å²) in [6.07, 6.45) is 4.64. The van der Waals surface area contributed by atoms with Gasteiger partial charge < -0.3 is 8.83 Å². The van der Waals surface area contributed by atoms with Crippen LogP contribution in [0, 0.1) is 0 Å². The van der Waals surface area contributed by atoms with E-state index in [-0.39, 0.29) is 17.7 Å². The monoisotopic (exact) mass is 281 g/mol. The molecule has 2 aromatic heterocycles. The predicted octanol–water partition coefficient (Wildman–Crippen LogP) is 2.09. The van der Waals surface area contributed by atoms with Crippen molar-refractivity contribution < 1.29 is 17.3 Å². The molecule has 5 nitrogen and oxygen atoms in total. The lowest BCUT2D eigenvalue weighted by Gasteiger charge is -2.13. The predicted molar refractivity (Wildman–Crippen MR) is 69.2 cm³/mol. The van der Waals surface area contributed by atoms with Crippen LogP contribution >= 0.6 is 0 Å². The molecule has 102 valence electrons. The minimum absolute atomic E-state index is 0.221. The maximum Gasteiger partial charge on any atom is 0.214 e. The zero-order valence-corrected chi connectivity index (χ0v) is 11.1. The largest absolute Gasteiger partial charge is 0.469 e. The normalized spacial score (nSPS) is 16.1. The van der Waals surface area contributed by atoms with Crippen LogP contribution in [0.1, 0.15) is 30.3 Å². The molecule has 1 fully saturated rings. The Balaban J connectivity index is 1.77. The maximum absolute atomic E-state index is 11.9. The van der Waals surface area contributed by atoms with Crippen LogP contribution in [-0.4, -0.2) is 20.2 Å². The fourth-order valence-electron chi connectivity index (χ4n) is 2.02. The summed E-state index contributed by atoms with van der Waals surface area (Å²) in [7, 11) is -3.20. The van der Waals surface area contributed by atoms with Gasteiger partial charge in [0.1, 0.15) is 11.5 Å². The van der Waals surface area contributed by atoms with Crippen LogP contribution in [0.15, 0.2) is 45.6 Å². The van der Waals surface area contributed by atoms with Gasteiger partial charge in [-0.25, -0.2) is 13.1 Å². The first kappa shape index (κ1) is 12.5. The number of nitrogens with one attached hydrogen (secondary N) is 1. The SMILES string of the molecule is O=S(=O)(NCC(c1ccco1)c1ccco1)C1CC1. The molecule has 0 atom stereocenters. The number of hydrogen-bond acceptors (Lipinski definition) is 4. The Morgan fingerprint density at radius 3 is 2.16 bits per heavy atom. The Hall–Kier alpha value is -1.53.